The van der Waals surface area contributed by atoms with Crippen LogP contribution in [0, 0.1) is 29.1 Å². The van der Waals surface area contributed by atoms with Crippen molar-refractivity contribution >= 4 is 17.9 Å². The van der Waals surface area contributed by atoms with Gasteiger partial charge in [0, 0.05) is 5.57 Å². The molecule has 3 aliphatic carbocycles. The summed E-state index contributed by atoms with van der Waals surface area (Å²) in [6.45, 7) is 14.2. The van der Waals surface area contributed by atoms with Crippen LogP contribution in [-0.2, 0) is 38.1 Å². The second-order valence-corrected chi connectivity index (χ2v) is 15.2. The van der Waals surface area contributed by atoms with Crippen molar-refractivity contribution < 1.29 is 53.4 Å². The molecule has 50 heavy (non-hydrogen) atoms. The summed E-state index contributed by atoms with van der Waals surface area (Å²) in [6.07, 6.45) is 11.7. The minimum Gasteiger partial charge on any atom is -0.469 e. The zero-order chi connectivity index (χ0) is 37.3. The average Bonchev–Trinajstić information content (AvgIpc) is 3.14. The fourth-order valence-electron chi connectivity index (χ4n) is 7.49. The van der Waals surface area contributed by atoms with Crippen LogP contribution in [0.3, 0.4) is 0 Å². The standard InChI is InChI=1S/C31H54O8.C8H14O3/c1-5-23(32)18-37-25-14-10-21(11-15-25)31(2,3)22-12-16-26(17-13-22)38-19-24(33)20-39-30(35)28-9-7-6-8-27(28)29(34)36-4;1-4-7(9)5-11-8(10)6(2)3/h21-28,32-33H,5-20H2,1-4H3;7,9H,2,4-5H2,1,3H3. The lowest BCUT2D eigenvalue weighted by atomic mass is 9.60. The van der Waals surface area contributed by atoms with Gasteiger partial charge in [0.25, 0.3) is 0 Å². The molecule has 11 heteroatoms. The average molecular weight is 713 g/mol. The normalized spacial score (nSPS) is 27.5. The molecule has 0 aromatic rings. The highest BCUT2D eigenvalue weighted by atomic mass is 16.6. The van der Waals surface area contributed by atoms with Crippen LogP contribution in [0.15, 0.2) is 12.2 Å². The van der Waals surface area contributed by atoms with Gasteiger partial charge in [-0.3, -0.25) is 9.59 Å². The predicted octanol–water partition coefficient (Wildman–Crippen LogP) is 5.69. The highest BCUT2D eigenvalue weighted by molar-refractivity contribution is 5.86. The molecular formula is C39H68O11. The van der Waals surface area contributed by atoms with Crippen LogP contribution in [0.4, 0.5) is 0 Å². The Balaban J connectivity index is 0.000000677. The Morgan fingerprint density at radius 1 is 0.660 bits per heavy atom. The molecule has 3 rings (SSSR count). The molecule has 0 amide bonds. The first-order valence-corrected chi connectivity index (χ1v) is 19.1. The van der Waals surface area contributed by atoms with Crippen molar-refractivity contribution in [2.24, 2.45) is 29.1 Å². The van der Waals surface area contributed by atoms with Crippen molar-refractivity contribution in [1.29, 1.82) is 0 Å². The summed E-state index contributed by atoms with van der Waals surface area (Å²) in [5, 5.41) is 29.1. The van der Waals surface area contributed by atoms with E-state index in [-0.39, 0.29) is 49.5 Å². The minimum atomic E-state index is -0.876. The number of esters is 3. The van der Waals surface area contributed by atoms with Gasteiger partial charge in [-0.15, -0.1) is 0 Å². The topological polar surface area (TPSA) is 158 Å². The van der Waals surface area contributed by atoms with Crippen molar-refractivity contribution in [3.63, 3.8) is 0 Å². The number of aliphatic hydroxyl groups is 3. The lowest BCUT2D eigenvalue weighted by Crippen LogP contribution is -2.39. The van der Waals surface area contributed by atoms with E-state index >= 15 is 0 Å². The summed E-state index contributed by atoms with van der Waals surface area (Å²) in [7, 11) is 1.35. The Kier molecular flexibility index (Phi) is 20.1. The van der Waals surface area contributed by atoms with Crippen LogP contribution < -0.4 is 0 Å². The summed E-state index contributed by atoms with van der Waals surface area (Å²) in [4.78, 5) is 35.3. The number of hydrogen-bond acceptors (Lipinski definition) is 11. The predicted molar refractivity (Wildman–Crippen MR) is 190 cm³/mol. The van der Waals surface area contributed by atoms with Crippen LogP contribution in [0.1, 0.15) is 125 Å². The molecule has 3 N–H and O–H groups in total. The second kappa shape index (κ2) is 22.8. The number of rotatable bonds is 17. The summed E-state index contributed by atoms with van der Waals surface area (Å²) in [5.41, 5.74) is 0.627. The van der Waals surface area contributed by atoms with Gasteiger partial charge in [0.05, 0.1) is 56.6 Å². The first kappa shape index (κ1) is 44.1. The maximum atomic E-state index is 12.6. The molecule has 290 valence electrons. The van der Waals surface area contributed by atoms with E-state index in [1.54, 1.807) is 6.92 Å². The number of carbonyl (C=O) groups excluding carboxylic acids is 3. The SMILES string of the molecule is C=C(C)C(=O)OCC(O)CC.CCC(O)COC1CCC(C(C)(C)C2CCC(OCC(O)COC(=O)C3CCCCC3C(=O)OC)CC2)CC1. The molecule has 0 heterocycles. The third-order valence-electron chi connectivity index (χ3n) is 11.2. The summed E-state index contributed by atoms with van der Waals surface area (Å²) < 4.78 is 26.9. The molecule has 0 aromatic heterocycles. The monoisotopic (exact) mass is 712 g/mol. The second-order valence-electron chi connectivity index (χ2n) is 15.2. The molecule has 0 radical (unpaired) electrons. The van der Waals surface area contributed by atoms with Gasteiger partial charge < -0.3 is 39.0 Å². The van der Waals surface area contributed by atoms with E-state index in [4.69, 9.17) is 24.1 Å². The zero-order valence-electron chi connectivity index (χ0n) is 31.7. The first-order chi connectivity index (χ1) is 23.7. The number of hydrogen-bond donors (Lipinski definition) is 3. The smallest absolute Gasteiger partial charge is 0.333 e. The molecule has 5 atom stereocenters. The molecule has 3 aliphatic rings. The fourth-order valence-corrected chi connectivity index (χ4v) is 7.49. The Morgan fingerprint density at radius 3 is 1.52 bits per heavy atom. The van der Waals surface area contributed by atoms with Gasteiger partial charge >= 0.3 is 17.9 Å². The Bertz CT molecular complexity index is 1010. The largest absolute Gasteiger partial charge is 0.469 e. The molecule has 3 saturated carbocycles. The van der Waals surface area contributed by atoms with Gasteiger partial charge in [0.15, 0.2) is 0 Å². The first-order valence-electron chi connectivity index (χ1n) is 19.1. The van der Waals surface area contributed by atoms with Crippen LogP contribution in [0.25, 0.3) is 0 Å². The number of ether oxygens (including phenoxy) is 5. The highest BCUT2D eigenvalue weighted by Gasteiger charge is 2.41. The third kappa shape index (κ3) is 14.9. The van der Waals surface area contributed by atoms with E-state index in [9.17, 15) is 24.6 Å². The molecule has 0 aliphatic heterocycles. The van der Waals surface area contributed by atoms with E-state index in [2.05, 4.69) is 25.2 Å². The van der Waals surface area contributed by atoms with Crippen molar-refractivity contribution in [2.45, 2.75) is 155 Å². The third-order valence-corrected chi connectivity index (χ3v) is 11.2. The van der Waals surface area contributed by atoms with Crippen LogP contribution in [0.2, 0.25) is 0 Å². The van der Waals surface area contributed by atoms with Gasteiger partial charge in [-0.05, 0) is 101 Å². The van der Waals surface area contributed by atoms with Gasteiger partial charge in [-0.2, -0.15) is 0 Å². The van der Waals surface area contributed by atoms with Crippen molar-refractivity contribution in [3.05, 3.63) is 12.2 Å². The number of aliphatic hydroxyl groups excluding tert-OH is 3. The maximum Gasteiger partial charge on any atom is 0.333 e. The number of carbonyl (C=O) groups is 3. The molecule has 0 aromatic carbocycles. The molecule has 3 fully saturated rings. The van der Waals surface area contributed by atoms with Gasteiger partial charge in [-0.1, -0.05) is 47.1 Å². The maximum absolute atomic E-state index is 12.6. The molecule has 5 unspecified atom stereocenters. The molecular weight excluding hydrogens is 644 g/mol. The summed E-state index contributed by atoms with van der Waals surface area (Å²) >= 11 is 0. The van der Waals surface area contributed by atoms with Gasteiger partial charge in [0.2, 0.25) is 0 Å². The van der Waals surface area contributed by atoms with E-state index in [0.29, 0.717) is 43.3 Å². The number of methoxy groups -OCH3 is 1. The van der Waals surface area contributed by atoms with E-state index in [0.717, 1.165) is 57.8 Å². The molecule has 0 saturated heterocycles. The van der Waals surface area contributed by atoms with Crippen LogP contribution in [-0.4, -0.2) is 97.3 Å². The highest BCUT2D eigenvalue weighted by Crippen LogP contribution is 2.49. The van der Waals surface area contributed by atoms with E-state index < -0.39 is 36.0 Å². The van der Waals surface area contributed by atoms with E-state index in [1.165, 1.54) is 20.0 Å². The van der Waals surface area contributed by atoms with Crippen LogP contribution in [0.5, 0.6) is 0 Å². The lowest BCUT2D eigenvalue weighted by molar-refractivity contribution is -0.164. The quantitative estimate of drug-likeness (QED) is 0.0966. The van der Waals surface area contributed by atoms with E-state index in [1.807, 2.05) is 13.8 Å². The summed E-state index contributed by atoms with van der Waals surface area (Å²) in [5.74, 6) is -0.823. The fraction of sp³-hybridized carbons (Fsp3) is 0.872. The molecule has 11 nitrogen and oxygen atoms in total. The zero-order valence-corrected chi connectivity index (χ0v) is 31.7. The lowest BCUT2D eigenvalue weighted by Gasteiger charge is -2.46. The minimum absolute atomic E-state index is 0.0577. The molecule has 0 spiro atoms. The molecule has 0 bridgehead atoms. The van der Waals surface area contributed by atoms with Crippen molar-refractivity contribution in [3.8, 4) is 0 Å². The summed E-state index contributed by atoms with van der Waals surface area (Å²) in [6, 6.07) is 0. The van der Waals surface area contributed by atoms with Crippen molar-refractivity contribution in [1.82, 2.24) is 0 Å². The van der Waals surface area contributed by atoms with Crippen molar-refractivity contribution in [2.75, 3.05) is 33.5 Å². The van der Waals surface area contributed by atoms with Crippen LogP contribution >= 0.6 is 0 Å². The Labute approximate surface area is 300 Å². The van der Waals surface area contributed by atoms with Gasteiger partial charge in [-0.25, -0.2) is 4.79 Å². The Hall–Kier alpha value is -2.05. The van der Waals surface area contributed by atoms with Gasteiger partial charge in [0.1, 0.15) is 19.3 Å². The Morgan fingerprint density at radius 2 is 1.08 bits per heavy atom.